The molecular formula is C11H15N3O3. The van der Waals surface area contributed by atoms with Gasteiger partial charge >= 0.3 is 0 Å². The summed E-state index contributed by atoms with van der Waals surface area (Å²) in [7, 11) is 0. The Morgan fingerprint density at radius 1 is 1.59 bits per heavy atom. The van der Waals surface area contributed by atoms with Crippen LogP contribution in [-0.2, 0) is 29.0 Å². The molecule has 17 heavy (non-hydrogen) atoms. The van der Waals surface area contributed by atoms with Crippen LogP contribution in [0.25, 0.3) is 0 Å². The number of fused-ring (bicyclic) bond motifs is 1. The van der Waals surface area contributed by atoms with Crippen molar-refractivity contribution in [1.82, 2.24) is 4.98 Å². The summed E-state index contributed by atoms with van der Waals surface area (Å²) in [5.41, 5.74) is 12.7. The SMILES string of the molecule is NC(=O)C(N)Cc1cc2c([nH]c1=O)CCOC2. The van der Waals surface area contributed by atoms with Crippen LogP contribution in [0, 0.1) is 0 Å². The Balaban J connectivity index is 2.29. The highest BCUT2D eigenvalue weighted by Gasteiger charge is 2.16. The number of nitrogens with two attached hydrogens (primary N) is 2. The molecule has 1 amide bonds. The number of amides is 1. The molecule has 1 unspecified atom stereocenters. The molecule has 1 aliphatic rings. The number of aromatic nitrogens is 1. The first-order chi connectivity index (χ1) is 8.08. The molecule has 0 saturated heterocycles. The third kappa shape index (κ3) is 2.54. The summed E-state index contributed by atoms with van der Waals surface area (Å²) in [6.07, 6.45) is 0.852. The van der Waals surface area contributed by atoms with E-state index in [2.05, 4.69) is 4.98 Å². The average molecular weight is 237 g/mol. The van der Waals surface area contributed by atoms with Gasteiger partial charge in [0.15, 0.2) is 0 Å². The average Bonchev–Trinajstić information content (AvgIpc) is 2.29. The quantitative estimate of drug-likeness (QED) is 0.613. The minimum Gasteiger partial charge on any atom is -0.376 e. The fourth-order valence-corrected chi connectivity index (χ4v) is 1.86. The van der Waals surface area contributed by atoms with Gasteiger partial charge in [-0.05, 0) is 11.6 Å². The van der Waals surface area contributed by atoms with E-state index in [-0.39, 0.29) is 12.0 Å². The van der Waals surface area contributed by atoms with Gasteiger partial charge in [-0.1, -0.05) is 0 Å². The largest absolute Gasteiger partial charge is 0.376 e. The molecule has 0 saturated carbocycles. The zero-order valence-electron chi connectivity index (χ0n) is 9.36. The van der Waals surface area contributed by atoms with E-state index >= 15 is 0 Å². The maximum absolute atomic E-state index is 11.7. The predicted molar refractivity (Wildman–Crippen MR) is 61.3 cm³/mol. The van der Waals surface area contributed by atoms with E-state index in [0.29, 0.717) is 25.2 Å². The molecule has 2 heterocycles. The van der Waals surface area contributed by atoms with Crippen molar-refractivity contribution in [2.24, 2.45) is 11.5 Å². The van der Waals surface area contributed by atoms with E-state index in [0.717, 1.165) is 11.3 Å². The molecule has 92 valence electrons. The van der Waals surface area contributed by atoms with Gasteiger partial charge in [-0.2, -0.15) is 0 Å². The number of aromatic amines is 1. The van der Waals surface area contributed by atoms with E-state index in [1.54, 1.807) is 6.07 Å². The van der Waals surface area contributed by atoms with Gasteiger partial charge < -0.3 is 21.2 Å². The molecule has 0 bridgehead atoms. The molecule has 6 nitrogen and oxygen atoms in total. The van der Waals surface area contributed by atoms with E-state index in [1.165, 1.54) is 0 Å². The van der Waals surface area contributed by atoms with Gasteiger partial charge in [-0.15, -0.1) is 0 Å². The van der Waals surface area contributed by atoms with Gasteiger partial charge in [0.25, 0.3) is 5.56 Å². The molecule has 1 atom stereocenters. The number of H-pyrrole nitrogens is 1. The molecule has 0 spiro atoms. The molecule has 1 aromatic rings. The monoisotopic (exact) mass is 237 g/mol. The summed E-state index contributed by atoms with van der Waals surface area (Å²) in [4.78, 5) is 25.4. The number of nitrogens with one attached hydrogen (secondary N) is 1. The number of carbonyl (C=O) groups excluding carboxylic acids is 1. The highest BCUT2D eigenvalue weighted by molar-refractivity contribution is 5.79. The molecule has 6 heteroatoms. The molecule has 0 aromatic carbocycles. The molecule has 0 fully saturated rings. The lowest BCUT2D eigenvalue weighted by atomic mass is 10.0. The minimum atomic E-state index is -0.835. The van der Waals surface area contributed by atoms with E-state index < -0.39 is 11.9 Å². The first-order valence-corrected chi connectivity index (χ1v) is 5.44. The van der Waals surface area contributed by atoms with Crippen molar-refractivity contribution in [3.63, 3.8) is 0 Å². The molecule has 0 radical (unpaired) electrons. The van der Waals surface area contributed by atoms with Gasteiger partial charge in [0.1, 0.15) is 0 Å². The highest BCUT2D eigenvalue weighted by atomic mass is 16.5. The number of primary amides is 1. The highest BCUT2D eigenvalue weighted by Crippen LogP contribution is 2.14. The van der Waals surface area contributed by atoms with E-state index in [9.17, 15) is 9.59 Å². The van der Waals surface area contributed by atoms with Crippen molar-refractivity contribution < 1.29 is 9.53 Å². The Morgan fingerprint density at radius 2 is 2.35 bits per heavy atom. The van der Waals surface area contributed by atoms with Crippen LogP contribution in [-0.4, -0.2) is 23.5 Å². The zero-order chi connectivity index (χ0) is 12.4. The van der Waals surface area contributed by atoms with Crippen molar-refractivity contribution in [1.29, 1.82) is 0 Å². The molecule has 0 aliphatic carbocycles. The maximum Gasteiger partial charge on any atom is 0.251 e. The number of carbonyl (C=O) groups is 1. The van der Waals surface area contributed by atoms with Crippen LogP contribution in [0.15, 0.2) is 10.9 Å². The maximum atomic E-state index is 11.7. The van der Waals surface area contributed by atoms with Crippen LogP contribution in [0.1, 0.15) is 16.8 Å². The van der Waals surface area contributed by atoms with Crippen LogP contribution < -0.4 is 17.0 Å². The number of hydrogen-bond acceptors (Lipinski definition) is 4. The van der Waals surface area contributed by atoms with Gasteiger partial charge in [0.2, 0.25) is 5.91 Å². The number of pyridine rings is 1. The van der Waals surface area contributed by atoms with Crippen molar-refractivity contribution in [3.8, 4) is 0 Å². The lowest BCUT2D eigenvalue weighted by Crippen LogP contribution is -2.39. The second-order valence-corrected chi connectivity index (χ2v) is 4.14. The minimum absolute atomic E-state index is 0.151. The molecular weight excluding hydrogens is 222 g/mol. The van der Waals surface area contributed by atoms with Gasteiger partial charge in [0, 0.05) is 24.1 Å². The molecule has 1 aromatic heterocycles. The molecule has 5 N–H and O–H groups in total. The van der Waals surface area contributed by atoms with Crippen LogP contribution >= 0.6 is 0 Å². The summed E-state index contributed by atoms with van der Waals surface area (Å²) in [6, 6.07) is 0.912. The van der Waals surface area contributed by atoms with Crippen LogP contribution in [0.5, 0.6) is 0 Å². The Hall–Kier alpha value is -1.66. The molecule has 1 aliphatic heterocycles. The summed E-state index contributed by atoms with van der Waals surface area (Å²) >= 11 is 0. The summed E-state index contributed by atoms with van der Waals surface area (Å²) in [5.74, 6) is -0.613. The first-order valence-electron chi connectivity index (χ1n) is 5.44. The van der Waals surface area contributed by atoms with E-state index in [4.69, 9.17) is 16.2 Å². The summed E-state index contributed by atoms with van der Waals surface area (Å²) in [6.45, 7) is 1.09. The molecule has 2 rings (SSSR count). The standard InChI is InChI=1S/C11H15N3O3/c12-8(10(13)15)4-6-3-7-5-17-2-1-9(7)14-11(6)16/h3,8H,1-2,4-5,12H2,(H2,13,15)(H,14,16). The smallest absolute Gasteiger partial charge is 0.251 e. The fourth-order valence-electron chi connectivity index (χ4n) is 1.86. The topological polar surface area (TPSA) is 111 Å². The Kier molecular flexibility index (Phi) is 3.26. The fraction of sp³-hybridized carbons (Fsp3) is 0.455. The number of ether oxygens (including phenoxy) is 1. The van der Waals surface area contributed by atoms with E-state index in [1.807, 2.05) is 0 Å². The van der Waals surface area contributed by atoms with Crippen LogP contribution in [0.4, 0.5) is 0 Å². The van der Waals surface area contributed by atoms with Crippen molar-refractivity contribution in [2.75, 3.05) is 6.61 Å². The van der Waals surface area contributed by atoms with Crippen molar-refractivity contribution in [3.05, 3.63) is 33.2 Å². The Morgan fingerprint density at radius 3 is 3.06 bits per heavy atom. The number of hydrogen-bond donors (Lipinski definition) is 3. The van der Waals surface area contributed by atoms with Crippen LogP contribution in [0.3, 0.4) is 0 Å². The van der Waals surface area contributed by atoms with Gasteiger partial charge in [-0.25, -0.2) is 0 Å². The third-order valence-corrected chi connectivity index (χ3v) is 2.85. The zero-order valence-corrected chi connectivity index (χ0v) is 9.36. The first kappa shape index (κ1) is 11.8. The second kappa shape index (κ2) is 4.68. The Bertz CT molecular complexity index is 495. The lowest BCUT2D eigenvalue weighted by Gasteiger charge is -2.17. The number of rotatable bonds is 3. The van der Waals surface area contributed by atoms with Crippen molar-refractivity contribution in [2.45, 2.75) is 25.5 Å². The van der Waals surface area contributed by atoms with Gasteiger partial charge in [-0.3, -0.25) is 9.59 Å². The summed E-state index contributed by atoms with van der Waals surface area (Å²) in [5, 5.41) is 0. The normalized spacial score (nSPS) is 16.3. The van der Waals surface area contributed by atoms with Crippen LogP contribution in [0.2, 0.25) is 0 Å². The summed E-state index contributed by atoms with van der Waals surface area (Å²) < 4.78 is 5.30. The van der Waals surface area contributed by atoms with Gasteiger partial charge in [0.05, 0.1) is 19.3 Å². The Labute approximate surface area is 98.0 Å². The predicted octanol–water partition coefficient (Wildman–Crippen LogP) is -1.20. The second-order valence-electron chi connectivity index (χ2n) is 4.14. The lowest BCUT2D eigenvalue weighted by molar-refractivity contribution is -0.119. The third-order valence-electron chi connectivity index (χ3n) is 2.85. The van der Waals surface area contributed by atoms with Crippen molar-refractivity contribution >= 4 is 5.91 Å².